The second-order valence-electron chi connectivity index (χ2n) is 7.18. The van der Waals surface area contributed by atoms with Crippen molar-refractivity contribution in [2.24, 2.45) is 5.92 Å². The maximum absolute atomic E-state index is 2.50. The number of piperidine rings is 2. The second-order valence-corrected chi connectivity index (χ2v) is 7.18. The number of quaternary nitrogens is 2. The molecule has 0 aliphatic carbocycles. The summed E-state index contributed by atoms with van der Waals surface area (Å²) in [4.78, 5) is 1.90. The summed E-state index contributed by atoms with van der Waals surface area (Å²) >= 11 is 0. The van der Waals surface area contributed by atoms with Gasteiger partial charge in [-0.15, -0.1) is 0 Å². The van der Waals surface area contributed by atoms with Crippen LogP contribution in [0.1, 0.15) is 45.4 Å². The Morgan fingerprint density at radius 1 is 1.00 bits per heavy atom. The van der Waals surface area contributed by atoms with E-state index in [-0.39, 0.29) is 48.0 Å². The molecule has 2 fully saturated rings. The molecule has 0 aromatic carbocycles. The Labute approximate surface area is 154 Å². The third-order valence-electron chi connectivity index (χ3n) is 5.16. The number of likely N-dealkylation sites (tertiary alicyclic amines) is 2. The molecule has 1 N–H and O–H groups in total. The summed E-state index contributed by atoms with van der Waals surface area (Å²) in [5, 5.41) is 0. The SMILES string of the molecule is CC(CC1CC[N+](C)(C)CC1)[NH+]1CCCCC1.[I-].[I-]. The van der Waals surface area contributed by atoms with E-state index in [2.05, 4.69) is 21.0 Å². The lowest BCUT2D eigenvalue weighted by Crippen LogP contribution is -3.16. The fourth-order valence-electron chi connectivity index (χ4n) is 3.72. The van der Waals surface area contributed by atoms with Gasteiger partial charge in [0, 0.05) is 6.42 Å². The molecular formula is C15H32I2N2. The normalized spacial score (nSPS) is 26.1. The molecule has 1 unspecified atom stereocenters. The third-order valence-corrected chi connectivity index (χ3v) is 5.16. The number of rotatable bonds is 3. The molecule has 2 aliphatic heterocycles. The van der Waals surface area contributed by atoms with Crippen molar-refractivity contribution in [1.82, 2.24) is 0 Å². The first kappa shape index (κ1) is 20.4. The first-order valence-electron chi connectivity index (χ1n) is 7.73. The molecule has 1 atom stereocenters. The average Bonchev–Trinajstić information content (AvgIpc) is 2.33. The average molecular weight is 494 g/mol. The van der Waals surface area contributed by atoms with Crippen molar-refractivity contribution in [1.29, 1.82) is 0 Å². The molecule has 2 nitrogen and oxygen atoms in total. The maximum Gasteiger partial charge on any atom is 0.0848 e. The quantitative estimate of drug-likeness (QED) is 0.298. The summed E-state index contributed by atoms with van der Waals surface area (Å²) in [5.41, 5.74) is 0. The van der Waals surface area contributed by atoms with Gasteiger partial charge in [0.05, 0.1) is 46.3 Å². The number of hydrogen-bond acceptors (Lipinski definition) is 0. The summed E-state index contributed by atoms with van der Waals surface area (Å²) in [6.07, 6.45) is 8.82. The minimum absolute atomic E-state index is 0. The van der Waals surface area contributed by atoms with E-state index < -0.39 is 0 Å². The van der Waals surface area contributed by atoms with E-state index in [4.69, 9.17) is 0 Å². The highest BCUT2D eigenvalue weighted by atomic mass is 127. The van der Waals surface area contributed by atoms with Crippen molar-refractivity contribution in [3.63, 3.8) is 0 Å². The van der Waals surface area contributed by atoms with E-state index >= 15 is 0 Å². The Kier molecular flexibility index (Phi) is 10.1. The van der Waals surface area contributed by atoms with Gasteiger partial charge in [0.15, 0.2) is 0 Å². The van der Waals surface area contributed by atoms with Crippen LogP contribution in [0.15, 0.2) is 0 Å². The second kappa shape index (κ2) is 9.41. The smallest absolute Gasteiger partial charge is 0.0848 e. The van der Waals surface area contributed by atoms with Crippen LogP contribution >= 0.6 is 0 Å². The topological polar surface area (TPSA) is 4.44 Å². The summed E-state index contributed by atoms with van der Waals surface area (Å²) in [5.74, 6) is 1.02. The van der Waals surface area contributed by atoms with E-state index in [1.165, 1.54) is 69.2 Å². The highest BCUT2D eigenvalue weighted by Gasteiger charge is 2.29. The predicted molar refractivity (Wildman–Crippen MR) is 73.2 cm³/mol. The van der Waals surface area contributed by atoms with Crippen LogP contribution in [0.25, 0.3) is 0 Å². The largest absolute Gasteiger partial charge is 1.00 e. The molecule has 0 radical (unpaired) electrons. The van der Waals surface area contributed by atoms with Crippen LogP contribution < -0.4 is 52.9 Å². The van der Waals surface area contributed by atoms with E-state index in [1.54, 1.807) is 0 Å². The lowest BCUT2D eigenvalue weighted by Gasteiger charge is -2.39. The zero-order chi connectivity index (χ0) is 12.3. The number of nitrogens with one attached hydrogen (secondary N) is 1. The first-order valence-corrected chi connectivity index (χ1v) is 7.73. The monoisotopic (exact) mass is 494 g/mol. The van der Waals surface area contributed by atoms with Gasteiger partial charge in [-0.1, -0.05) is 0 Å². The van der Waals surface area contributed by atoms with Gasteiger partial charge in [-0.05, 0) is 44.9 Å². The zero-order valence-corrected chi connectivity index (χ0v) is 17.2. The van der Waals surface area contributed by atoms with Gasteiger partial charge in [0.1, 0.15) is 0 Å². The predicted octanol–water partition coefficient (Wildman–Crippen LogP) is -4.67. The lowest BCUT2D eigenvalue weighted by molar-refractivity contribution is -0.929. The van der Waals surface area contributed by atoms with Crippen molar-refractivity contribution < 1.29 is 57.3 Å². The highest BCUT2D eigenvalue weighted by Crippen LogP contribution is 2.23. The van der Waals surface area contributed by atoms with Crippen LogP contribution in [0.2, 0.25) is 0 Å². The molecule has 0 aromatic rings. The van der Waals surface area contributed by atoms with E-state index in [0.29, 0.717) is 0 Å². The molecule has 0 aromatic heterocycles. The molecule has 4 heteroatoms. The van der Waals surface area contributed by atoms with Gasteiger partial charge in [-0.2, -0.15) is 0 Å². The minimum atomic E-state index is 0. The molecule has 2 heterocycles. The zero-order valence-electron chi connectivity index (χ0n) is 12.9. The minimum Gasteiger partial charge on any atom is -1.00 e. The number of nitrogens with zero attached hydrogens (tertiary/aromatic N) is 1. The lowest BCUT2D eigenvalue weighted by atomic mass is 9.89. The van der Waals surface area contributed by atoms with Gasteiger partial charge >= 0.3 is 0 Å². The van der Waals surface area contributed by atoms with E-state index in [1.807, 2.05) is 4.90 Å². The van der Waals surface area contributed by atoms with E-state index in [9.17, 15) is 0 Å². The van der Waals surface area contributed by atoms with Crippen LogP contribution in [0.3, 0.4) is 0 Å². The molecule has 0 amide bonds. The molecule has 2 rings (SSSR count). The molecule has 116 valence electrons. The summed E-state index contributed by atoms with van der Waals surface area (Å²) in [7, 11) is 4.77. The van der Waals surface area contributed by atoms with Crippen molar-refractivity contribution in [2.75, 3.05) is 40.3 Å². The fourth-order valence-corrected chi connectivity index (χ4v) is 3.72. The van der Waals surface area contributed by atoms with Crippen LogP contribution in [0, 0.1) is 5.92 Å². The summed E-state index contributed by atoms with van der Waals surface area (Å²) in [6.45, 7) is 8.17. The van der Waals surface area contributed by atoms with Gasteiger partial charge in [-0.25, -0.2) is 0 Å². The third kappa shape index (κ3) is 6.78. The van der Waals surface area contributed by atoms with Crippen LogP contribution in [0.5, 0.6) is 0 Å². The summed E-state index contributed by atoms with van der Waals surface area (Å²) in [6, 6.07) is 0.911. The fraction of sp³-hybridized carbons (Fsp3) is 1.00. The molecule has 0 spiro atoms. The van der Waals surface area contributed by atoms with Crippen molar-refractivity contribution in [2.45, 2.75) is 51.5 Å². The number of hydrogen-bond donors (Lipinski definition) is 1. The molecule has 2 aliphatic rings. The van der Waals surface area contributed by atoms with Gasteiger partial charge in [0.25, 0.3) is 0 Å². The Hall–Kier alpha value is 1.38. The van der Waals surface area contributed by atoms with Gasteiger partial charge < -0.3 is 57.3 Å². The standard InChI is InChI=1S/C15H31N2.2HI/c1-14(16-9-5-4-6-10-16)13-15-7-11-17(2,3)12-8-15;;/h14-15H,4-13H2,1-3H3;2*1H/q+1;;/p-1. The Morgan fingerprint density at radius 2 is 1.53 bits per heavy atom. The van der Waals surface area contributed by atoms with Crippen LogP contribution in [-0.4, -0.2) is 50.8 Å². The van der Waals surface area contributed by atoms with Gasteiger partial charge in [-0.3, -0.25) is 0 Å². The first-order chi connectivity index (χ1) is 8.07. The molecule has 0 saturated carbocycles. The van der Waals surface area contributed by atoms with Gasteiger partial charge in [0.2, 0.25) is 0 Å². The molecule has 0 bridgehead atoms. The Morgan fingerprint density at radius 3 is 2.05 bits per heavy atom. The summed E-state index contributed by atoms with van der Waals surface area (Å²) < 4.78 is 1.25. The Balaban J connectivity index is 0.00000162. The van der Waals surface area contributed by atoms with E-state index in [0.717, 1.165) is 12.0 Å². The van der Waals surface area contributed by atoms with Crippen LogP contribution in [-0.2, 0) is 0 Å². The molecule has 2 saturated heterocycles. The maximum atomic E-state index is 2.50. The van der Waals surface area contributed by atoms with Crippen molar-refractivity contribution in [3.8, 4) is 0 Å². The highest BCUT2D eigenvalue weighted by molar-refractivity contribution is 4.67. The van der Waals surface area contributed by atoms with Crippen molar-refractivity contribution in [3.05, 3.63) is 0 Å². The Bertz CT molecular complexity index is 230. The molecular weight excluding hydrogens is 462 g/mol. The number of halogens is 2. The molecule has 19 heavy (non-hydrogen) atoms. The van der Waals surface area contributed by atoms with Crippen molar-refractivity contribution >= 4 is 0 Å². The van der Waals surface area contributed by atoms with Crippen LogP contribution in [0.4, 0.5) is 0 Å².